The maximum Gasteiger partial charge on any atom is 0.410 e. The Kier molecular flexibility index (Phi) is 8.32. The minimum absolute atomic E-state index is 0.203. The van der Waals surface area contributed by atoms with E-state index in [1.807, 2.05) is 86.1 Å². The van der Waals surface area contributed by atoms with Gasteiger partial charge in [-0.1, -0.05) is 30.3 Å². The molecule has 0 saturated carbocycles. The Morgan fingerprint density at radius 2 is 1.76 bits per heavy atom. The first-order valence-electron chi connectivity index (χ1n) is 12.4. The number of piperazine rings is 1. The van der Waals surface area contributed by atoms with Crippen molar-refractivity contribution in [3.8, 4) is 11.4 Å². The van der Waals surface area contributed by atoms with Crippen molar-refractivity contribution in [2.75, 3.05) is 26.2 Å². The normalized spacial score (nSPS) is 15.8. The fourth-order valence-electron chi connectivity index (χ4n) is 4.08. The Bertz CT molecular complexity index is 1140. The molecular formula is C28H34N4O5. The van der Waals surface area contributed by atoms with Crippen LogP contribution in [0.15, 0.2) is 73.3 Å². The van der Waals surface area contributed by atoms with Crippen molar-refractivity contribution in [2.45, 2.75) is 45.4 Å². The molecule has 0 bridgehead atoms. The van der Waals surface area contributed by atoms with E-state index in [4.69, 9.17) is 14.2 Å². The van der Waals surface area contributed by atoms with Crippen molar-refractivity contribution >= 4 is 12.2 Å². The number of hydrogen-bond acceptors (Lipinski definition) is 6. The summed E-state index contributed by atoms with van der Waals surface area (Å²) in [5.74, 6) is 0.725. The van der Waals surface area contributed by atoms with E-state index in [9.17, 15) is 9.59 Å². The molecule has 3 aromatic rings. The Morgan fingerprint density at radius 1 is 1.00 bits per heavy atom. The number of nitrogens with zero attached hydrogens (tertiary/aromatic N) is 4. The zero-order valence-electron chi connectivity index (χ0n) is 21.6. The SMILES string of the molecule is CC(C)(C)OC(=O)N1CCN(C(=O)OCc2ccccc2)C[C@H]1CCOc1ccc(-n2ccnc2)cc1. The van der Waals surface area contributed by atoms with Gasteiger partial charge in [0.2, 0.25) is 0 Å². The minimum Gasteiger partial charge on any atom is -0.494 e. The van der Waals surface area contributed by atoms with Crippen molar-refractivity contribution in [2.24, 2.45) is 0 Å². The molecule has 1 fully saturated rings. The number of amides is 2. The lowest BCUT2D eigenvalue weighted by Gasteiger charge is -2.41. The first kappa shape index (κ1) is 26.1. The smallest absolute Gasteiger partial charge is 0.410 e. The summed E-state index contributed by atoms with van der Waals surface area (Å²) in [6.07, 6.45) is 5.09. The largest absolute Gasteiger partial charge is 0.494 e. The van der Waals surface area contributed by atoms with Crippen molar-refractivity contribution < 1.29 is 23.8 Å². The first-order chi connectivity index (χ1) is 17.8. The van der Waals surface area contributed by atoms with Crippen LogP contribution in [0.5, 0.6) is 5.75 Å². The van der Waals surface area contributed by atoms with Crippen molar-refractivity contribution in [3.63, 3.8) is 0 Å². The van der Waals surface area contributed by atoms with Crippen LogP contribution in [0.4, 0.5) is 9.59 Å². The third kappa shape index (κ3) is 7.49. The molecule has 0 radical (unpaired) electrons. The van der Waals surface area contributed by atoms with Crippen LogP contribution in [-0.2, 0) is 16.1 Å². The molecule has 1 aromatic heterocycles. The summed E-state index contributed by atoms with van der Waals surface area (Å²) in [6, 6.07) is 17.0. The van der Waals surface area contributed by atoms with Crippen LogP contribution < -0.4 is 4.74 Å². The number of hydrogen-bond donors (Lipinski definition) is 0. The molecule has 196 valence electrons. The number of ether oxygens (including phenoxy) is 3. The predicted octanol–water partition coefficient (Wildman–Crippen LogP) is 4.90. The highest BCUT2D eigenvalue weighted by atomic mass is 16.6. The van der Waals surface area contributed by atoms with Crippen LogP contribution in [-0.4, -0.2) is 69.4 Å². The average molecular weight is 507 g/mol. The van der Waals surface area contributed by atoms with Crippen LogP contribution in [0.2, 0.25) is 0 Å². The monoisotopic (exact) mass is 506 g/mol. The van der Waals surface area contributed by atoms with Crippen molar-refractivity contribution in [1.82, 2.24) is 19.4 Å². The van der Waals surface area contributed by atoms with E-state index in [0.717, 1.165) is 17.0 Å². The molecule has 0 unspecified atom stereocenters. The van der Waals surface area contributed by atoms with Gasteiger partial charge in [-0.2, -0.15) is 0 Å². The van der Waals surface area contributed by atoms with E-state index in [2.05, 4.69) is 4.98 Å². The number of imidazole rings is 1. The molecule has 0 N–H and O–H groups in total. The van der Waals surface area contributed by atoms with Gasteiger partial charge in [0.25, 0.3) is 0 Å². The fourth-order valence-corrected chi connectivity index (χ4v) is 4.08. The van der Waals surface area contributed by atoms with E-state index < -0.39 is 11.7 Å². The zero-order chi connectivity index (χ0) is 26.3. The number of carbonyl (C=O) groups excluding carboxylic acids is 2. The summed E-state index contributed by atoms with van der Waals surface area (Å²) >= 11 is 0. The molecule has 2 amide bonds. The highest BCUT2D eigenvalue weighted by Gasteiger charge is 2.35. The predicted molar refractivity (Wildman–Crippen MR) is 139 cm³/mol. The summed E-state index contributed by atoms with van der Waals surface area (Å²) in [5, 5.41) is 0. The van der Waals surface area contributed by atoms with Gasteiger partial charge in [-0.05, 0) is 50.6 Å². The van der Waals surface area contributed by atoms with E-state index in [1.165, 1.54) is 0 Å². The lowest BCUT2D eigenvalue weighted by Crippen LogP contribution is -2.57. The van der Waals surface area contributed by atoms with Crippen LogP contribution in [0.3, 0.4) is 0 Å². The number of benzene rings is 2. The summed E-state index contributed by atoms with van der Waals surface area (Å²) in [6.45, 7) is 7.18. The van der Waals surface area contributed by atoms with Gasteiger partial charge >= 0.3 is 12.2 Å². The standard InChI is InChI=1S/C28H34N4O5/c1-28(2,3)37-27(34)32-17-16-30(26(33)36-20-22-7-5-4-6-8-22)19-24(32)13-18-35-25-11-9-23(10-12-25)31-15-14-29-21-31/h4-12,14-15,21,24H,13,16-20H2,1-3H3/t24-/m1/s1. The van der Waals surface area contributed by atoms with Gasteiger partial charge in [-0.3, -0.25) is 0 Å². The first-order valence-corrected chi connectivity index (χ1v) is 12.4. The molecule has 1 saturated heterocycles. The van der Waals surface area contributed by atoms with E-state index in [0.29, 0.717) is 32.7 Å². The third-order valence-electron chi connectivity index (χ3n) is 5.93. The highest BCUT2D eigenvalue weighted by molar-refractivity contribution is 5.71. The molecule has 2 aromatic carbocycles. The molecule has 1 aliphatic rings. The van der Waals surface area contributed by atoms with E-state index in [-0.39, 0.29) is 18.7 Å². The van der Waals surface area contributed by atoms with Crippen molar-refractivity contribution in [3.05, 3.63) is 78.9 Å². The number of carbonyl (C=O) groups is 2. The molecule has 0 aliphatic carbocycles. The lowest BCUT2D eigenvalue weighted by atomic mass is 10.1. The maximum atomic E-state index is 12.9. The van der Waals surface area contributed by atoms with E-state index in [1.54, 1.807) is 22.3 Å². The van der Waals surface area contributed by atoms with Gasteiger partial charge in [-0.25, -0.2) is 14.6 Å². The fraction of sp³-hybridized carbons (Fsp3) is 0.393. The molecule has 0 spiro atoms. The minimum atomic E-state index is -0.610. The molecule has 4 rings (SSSR count). The van der Waals surface area contributed by atoms with Crippen LogP contribution in [0, 0.1) is 0 Å². The average Bonchev–Trinajstić information content (AvgIpc) is 3.42. The maximum absolute atomic E-state index is 12.9. The van der Waals surface area contributed by atoms with Crippen molar-refractivity contribution in [1.29, 1.82) is 0 Å². The molecule has 9 heteroatoms. The van der Waals surface area contributed by atoms with Gasteiger partial charge in [0.1, 0.15) is 18.0 Å². The Morgan fingerprint density at radius 3 is 2.43 bits per heavy atom. The summed E-state index contributed by atoms with van der Waals surface area (Å²) in [7, 11) is 0. The molecule has 1 atom stereocenters. The molecule has 1 aliphatic heterocycles. The third-order valence-corrected chi connectivity index (χ3v) is 5.93. The second-order valence-corrected chi connectivity index (χ2v) is 9.91. The van der Waals surface area contributed by atoms with Crippen LogP contribution in [0.1, 0.15) is 32.8 Å². The topological polar surface area (TPSA) is 86.1 Å². The Labute approximate surface area is 217 Å². The lowest BCUT2D eigenvalue weighted by molar-refractivity contribution is -0.00614. The van der Waals surface area contributed by atoms with Gasteiger partial charge in [0.15, 0.2) is 0 Å². The summed E-state index contributed by atoms with van der Waals surface area (Å²) in [4.78, 5) is 33.1. The van der Waals surface area contributed by atoms with Crippen LogP contribution in [0.25, 0.3) is 5.69 Å². The number of aromatic nitrogens is 2. The number of rotatable bonds is 7. The summed E-state index contributed by atoms with van der Waals surface area (Å²) in [5.41, 5.74) is 1.30. The molecule has 2 heterocycles. The van der Waals surface area contributed by atoms with Gasteiger partial charge in [-0.15, -0.1) is 0 Å². The van der Waals surface area contributed by atoms with Crippen LogP contribution >= 0.6 is 0 Å². The van der Waals surface area contributed by atoms with Gasteiger partial charge in [0.05, 0.1) is 19.0 Å². The zero-order valence-corrected chi connectivity index (χ0v) is 21.6. The quantitative estimate of drug-likeness (QED) is 0.453. The Balaban J connectivity index is 1.35. The van der Waals surface area contributed by atoms with E-state index >= 15 is 0 Å². The molecular weight excluding hydrogens is 472 g/mol. The molecule has 9 nitrogen and oxygen atoms in total. The Hall–Kier alpha value is -4.01. The second-order valence-electron chi connectivity index (χ2n) is 9.91. The highest BCUT2D eigenvalue weighted by Crippen LogP contribution is 2.20. The second kappa shape index (κ2) is 11.8. The van der Waals surface area contributed by atoms with Gasteiger partial charge < -0.3 is 28.6 Å². The van der Waals surface area contributed by atoms with Gasteiger partial charge in [0, 0.05) is 44.1 Å². The summed E-state index contributed by atoms with van der Waals surface area (Å²) < 4.78 is 19.0. The molecule has 37 heavy (non-hydrogen) atoms.